The Balaban J connectivity index is 1.79. The van der Waals surface area contributed by atoms with Crippen LogP contribution in [0.15, 0.2) is 94.8 Å². The molecule has 0 aliphatic carbocycles. The van der Waals surface area contributed by atoms with Gasteiger partial charge in [-0.3, -0.25) is 9.59 Å². The largest absolute Gasteiger partial charge is 0.377 e. The van der Waals surface area contributed by atoms with Crippen molar-refractivity contribution in [3.05, 3.63) is 101 Å². The maximum absolute atomic E-state index is 13.4. The standard InChI is InChI=1S/C27H26N4O2/c1-18(32)19-13-15-22(16-14-19)30-31-25(26(33)28-21-10-5-4-6-11-21)24-23-12-8-7-9-20(23)17-27(2,3)29-24/h4-16,29H,17H2,1-3H3,(H,28,33)/b25-24-,31-30+. The zero-order chi connectivity index (χ0) is 23.4. The van der Waals surface area contributed by atoms with Crippen LogP contribution in [0.5, 0.6) is 0 Å². The Morgan fingerprint density at radius 1 is 0.909 bits per heavy atom. The van der Waals surface area contributed by atoms with Crippen molar-refractivity contribution in [2.24, 2.45) is 10.2 Å². The van der Waals surface area contributed by atoms with E-state index in [1.807, 2.05) is 48.5 Å². The number of amides is 1. The first-order valence-corrected chi connectivity index (χ1v) is 10.8. The lowest BCUT2D eigenvalue weighted by atomic mass is 9.85. The number of anilines is 1. The van der Waals surface area contributed by atoms with Gasteiger partial charge in [0.25, 0.3) is 5.91 Å². The van der Waals surface area contributed by atoms with Gasteiger partial charge in [0, 0.05) is 22.4 Å². The Kier molecular flexibility index (Phi) is 6.18. The lowest BCUT2D eigenvalue weighted by Gasteiger charge is -2.36. The van der Waals surface area contributed by atoms with E-state index in [0.29, 0.717) is 22.6 Å². The molecule has 0 bridgehead atoms. The summed E-state index contributed by atoms with van der Waals surface area (Å²) in [6.45, 7) is 5.70. The number of para-hydroxylation sites is 1. The third-order valence-corrected chi connectivity index (χ3v) is 5.41. The number of Topliss-reactive ketones (excluding diaryl/α,β-unsaturated/α-hetero) is 1. The summed E-state index contributed by atoms with van der Waals surface area (Å²) in [6.07, 6.45) is 0.823. The molecule has 1 aliphatic heterocycles. The van der Waals surface area contributed by atoms with Crippen LogP contribution in [0, 0.1) is 0 Å². The van der Waals surface area contributed by atoms with Crippen LogP contribution in [0.3, 0.4) is 0 Å². The fraction of sp³-hybridized carbons (Fsp3) is 0.185. The predicted octanol–water partition coefficient (Wildman–Crippen LogP) is 5.90. The van der Waals surface area contributed by atoms with Crippen LogP contribution in [-0.2, 0) is 11.2 Å². The fourth-order valence-corrected chi connectivity index (χ4v) is 3.82. The number of carbonyl (C=O) groups is 2. The van der Waals surface area contributed by atoms with E-state index in [1.165, 1.54) is 6.92 Å². The second-order valence-corrected chi connectivity index (χ2v) is 8.69. The van der Waals surface area contributed by atoms with Crippen molar-refractivity contribution >= 4 is 28.8 Å². The molecular formula is C27H26N4O2. The molecule has 0 saturated heterocycles. The molecule has 0 fully saturated rings. The maximum Gasteiger partial charge on any atom is 0.278 e. The third-order valence-electron chi connectivity index (χ3n) is 5.41. The highest BCUT2D eigenvalue weighted by atomic mass is 16.2. The van der Waals surface area contributed by atoms with Gasteiger partial charge in [-0.1, -0.05) is 42.5 Å². The van der Waals surface area contributed by atoms with Crippen molar-refractivity contribution in [2.75, 3.05) is 5.32 Å². The molecule has 0 unspecified atom stereocenters. The molecule has 4 rings (SSSR count). The lowest BCUT2D eigenvalue weighted by molar-refractivity contribution is -0.112. The number of rotatable bonds is 5. The van der Waals surface area contributed by atoms with E-state index in [1.54, 1.807) is 24.3 Å². The summed E-state index contributed by atoms with van der Waals surface area (Å²) in [5.41, 5.74) is 4.45. The second-order valence-electron chi connectivity index (χ2n) is 8.69. The Bertz CT molecular complexity index is 1240. The van der Waals surface area contributed by atoms with Crippen molar-refractivity contribution in [3.8, 4) is 0 Å². The number of ketones is 1. The zero-order valence-corrected chi connectivity index (χ0v) is 18.9. The molecule has 3 aromatic rings. The Morgan fingerprint density at radius 2 is 1.58 bits per heavy atom. The molecule has 6 heteroatoms. The summed E-state index contributed by atoms with van der Waals surface area (Å²) in [6, 6.07) is 24.1. The average Bonchev–Trinajstić information content (AvgIpc) is 2.79. The molecule has 1 amide bonds. The van der Waals surface area contributed by atoms with E-state index in [9.17, 15) is 9.59 Å². The van der Waals surface area contributed by atoms with Gasteiger partial charge < -0.3 is 10.6 Å². The summed E-state index contributed by atoms with van der Waals surface area (Å²) >= 11 is 0. The van der Waals surface area contributed by atoms with E-state index in [2.05, 4.69) is 40.8 Å². The summed E-state index contributed by atoms with van der Waals surface area (Å²) in [5.74, 6) is -0.380. The minimum atomic E-state index is -0.361. The molecule has 0 spiro atoms. The van der Waals surface area contributed by atoms with Gasteiger partial charge in [0.05, 0.1) is 11.4 Å². The number of hydrogen-bond donors (Lipinski definition) is 2. The van der Waals surface area contributed by atoms with E-state index in [-0.39, 0.29) is 22.9 Å². The first-order valence-electron chi connectivity index (χ1n) is 10.8. The van der Waals surface area contributed by atoms with Crippen LogP contribution in [0.4, 0.5) is 11.4 Å². The number of fused-ring (bicyclic) bond motifs is 1. The van der Waals surface area contributed by atoms with Crippen molar-refractivity contribution in [1.82, 2.24) is 5.32 Å². The highest BCUT2D eigenvalue weighted by Crippen LogP contribution is 2.32. The predicted molar refractivity (Wildman–Crippen MR) is 130 cm³/mol. The van der Waals surface area contributed by atoms with Gasteiger partial charge >= 0.3 is 0 Å². The molecule has 1 heterocycles. The first-order chi connectivity index (χ1) is 15.8. The lowest BCUT2D eigenvalue weighted by Crippen LogP contribution is -2.44. The molecule has 0 atom stereocenters. The number of carbonyl (C=O) groups excluding carboxylic acids is 2. The van der Waals surface area contributed by atoms with Crippen LogP contribution in [0.1, 0.15) is 42.3 Å². The molecule has 0 saturated carbocycles. The summed E-state index contributed by atoms with van der Waals surface area (Å²) in [7, 11) is 0. The topological polar surface area (TPSA) is 82.9 Å². The van der Waals surface area contributed by atoms with Crippen molar-refractivity contribution in [3.63, 3.8) is 0 Å². The fourth-order valence-electron chi connectivity index (χ4n) is 3.82. The monoisotopic (exact) mass is 438 g/mol. The van der Waals surface area contributed by atoms with Crippen LogP contribution in [-0.4, -0.2) is 17.2 Å². The molecule has 3 aromatic carbocycles. The van der Waals surface area contributed by atoms with E-state index >= 15 is 0 Å². The molecule has 6 nitrogen and oxygen atoms in total. The first kappa shape index (κ1) is 22.1. The number of azo groups is 1. The van der Waals surface area contributed by atoms with Crippen molar-refractivity contribution < 1.29 is 9.59 Å². The molecule has 166 valence electrons. The van der Waals surface area contributed by atoms with Crippen LogP contribution in [0.2, 0.25) is 0 Å². The zero-order valence-electron chi connectivity index (χ0n) is 18.9. The van der Waals surface area contributed by atoms with Gasteiger partial charge in [0.1, 0.15) is 0 Å². The van der Waals surface area contributed by atoms with Crippen LogP contribution >= 0.6 is 0 Å². The number of nitrogens with zero attached hydrogens (tertiary/aromatic N) is 2. The van der Waals surface area contributed by atoms with Gasteiger partial charge in [0.2, 0.25) is 0 Å². The Hall–Kier alpha value is -4.06. The second kappa shape index (κ2) is 9.20. The summed E-state index contributed by atoms with van der Waals surface area (Å²) in [5, 5.41) is 15.1. The van der Waals surface area contributed by atoms with Gasteiger partial charge in [-0.15, -0.1) is 5.11 Å². The molecular weight excluding hydrogens is 412 g/mol. The third kappa shape index (κ3) is 5.23. The molecule has 0 aromatic heterocycles. The minimum absolute atomic E-state index is 0.0196. The van der Waals surface area contributed by atoms with Gasteiger partial charge in [-0.25, -0.2) is 0 Å². The van der Waals surface area contributed by atoms with Gasteiger partial charge in [-0.2, -0.15) is 5.11 Å². The number of hydrogen-bond acceptors (Lipinski definition) is 5. The summed E-state index contributed by atoms with van der Waals surface area (Å²) < 4.78 is 0. The quantitative estimate of drug-likeness (QED) is 0.295. The molecule has 2 N–H and O–H groups in total. The normalized spacial score (nSPS) is 16.0. The number of benzene rings is 3. The Labute approximate surface area is 193 Å². The van der Waals surface area contributed by atoms with E-state index in [4.69, 9.17) is 0 Å². The van der Waals surface area contributed by atoms with Crippen LogP contribution < -0.4 is 10.6 Å². The average molecular weight is 439 g/mol. The molecule has 33 heavy (non-hydrogen) atoms. The van der Waals surface area contributed by atoms with E-state index < -0.39 is 0 Å². The maximum atomic E-state index is 13.4. The van der Waals surface area contributed by atoms with Gasteiger partial charge in [-0.05, 0) is 69.2 Å². The molecule has 1 aliphatic rings. The van der Waals surface area contributed by atoms with Crippen molar-refractivity contribution in [1.29, 1.82) is 0 Å². The highest BCUT2D eigenvalue weighted by molar-refractivity contribution is 6.08. The SMILES string of the molecule is CC(=O)c1ccc(/N=N/C(C(=O)Nc2ccccc2)=C2\NC(C)(C)Cc3ccccc32)cc1. The highest BCUT2D eigenvalue weighted by Gasteiger charge is 2.31. The Morgan fingerprint density at radius 3 is 2.27 bits per heavy atom. The number of nitrogens with one attached hydrogen (secondary N) is 2. The van der Waals surface area contributed by atoms with Gasteiger partial charge in [0.15, 0.2) is 11.5 Å². The van der Waals surface area contributed by atoms with Crippen molar-refractivity contribution in [2.45, 2.75) is 32.7 Å². The minimum Gasteiger partial charge on any atom is -0.377 e. The summed E-state index contributed by atoms with van der Waals surface area (Å²) in [4.78, 5) is 24.9. The smallest absolute Gasteiger partial charge is 0.278 e. The van der Waals surface area contributed by atoms with Crippen LogP contribution in [0.25, 0.3) is 5.70 Å². The molecule has 0 radical (unpaired) electrons. The van der Waals surface area contributed by atoms with E-state index in [0.717, 1.165) is 17.5 Å².